The molecule has 22 heavy (non-hydrogen) atoms. The molecular formula is C20H20O2. The van der Waals surface area contributed by atoms with E-state index in [-0.39, 0.29) is 11.9 Å². The molecule has 2 fully saturated rings. The van der Waals surface area contributed by atoms with Crippen molar-refractivity contribution in [2.75, 3.05) is 0 Å². The van der Waals surface area contributed by atoms with Crippen LogP contribution in [0.1, 0.15) is 30.7 Å². The van der Waals surface area contributed by atoms with E-state index in [0.29, 0.717) is 23.5 Å². The van der Waals surface area contributed by atoms with Gasteiger partial charge in [0, 0.05) is 0 Å². The van der Waals surface area contributed by atoms with Crippen LogP contribution in [0.3, 0.4) is 0 Å². The summed E-state index contributed by atoms with van der Waals surface area (Å²) in [7, 11) is 0. The molecule has 2 aromatic rings. The molecule has 0 N–H and O–H groups in total. The maximum absolute atomic E-state index is 12.6. The van der Waals surface area contributed by atoms with E-state index in [0.717, 1.165) is 12.8 Å². The first-order chi connectivity index (χ1) is 10.8. The van der Waals surface area contributed by atoms with E-state index in [1.54, 1.807) is 0 Å². The van der Waals surface area contributed by atoms with Gasteiger partial charge in [-0.15, -0.1) is 0 Å². The lowest BCUT2D eigenvalue weighted by molar-refractivity contribution is -0.156. The molecule has 0 amide bonds. The lowest BCUT2D eigenvalue weighted by atomic mass is 9.48. The van der Waals surface area contributed by atoms with Gasteiger partial charge >= 0.3 is 5.97 Å². The van der Waals surface area contributed by atoms with E-state index in [4.69, 9.17) is 4.74 Å². The normalized spacial score (nSPS) is 29.5. The van der Waals surface area contributed by atoms with Crippen molar-refractivity contribution in [1.29, 1.82) is 0 Å². The third-order valence-electron chi connectivity index (χ3n) is 5.34. The zero-order chi connectivity index (χ0) is 14.9. The molecule has 2 saturated carbocycles. The zero-order valence-corrected chi connectivity index (χ0v) is 12.5. The highest BCUT2D eigenvalue weighted by molar-refractivity contribution is 5.77. The van der Waals surface area contributed by atoms with E-state index in [1.807, 2.05) is 30.3 Å². The molecule has 2 aromatic carbocycles. The number of hydrogen-bond donors (Lipinski definition) is 0. The number of rotatable bonds is 3. The third-order valence-corrected chi connectivity index (χ3v) is 5.34. The highest BCUT2D eigenvalue weighted by atomic mass is 16.5. The summed E-state index contributed by atoms with van der Waals surface area (Å²) in [5.41, 5.74) is 1.39. The van der Waals surface area contributed by atoms with Crippen LogP contribution in [0.25, 0.3) is 0 Å². The summed E-state index contributed by atoms with van der Waals surface area (Å²) in [6.45, 7) is 0. The Balaban J connectivity index is 1.51. The molecule has 2 heteroatoms. The zero-order valence-electron chi connectivity index (χ0n) is 12.5. The Kier molecular flexibility index (Phi) is 3.45. The smallest absolute Gasteiger partial charge is 0.314 e. The predicted molar refractivity (Wildman–Crippen MR) is 85.6 cm³/mol. The summed E-state index contributed by atoms with van der Waals surface area (Å²) in [4.78, 5) is 12.6. The number of ether oxygens (including phenoxy) is 1. The van der Waals surface area contributed by atoms with Gasteiger partial charge in [-0.25, -0.2) is 0 Å². The van der Waals surface area contributed by atoms with Gasteiger partial charge in [0.25, 0.3) is 0 Å². The van der Waals surface area contributed by atoms with Gasteiger partial charge in [0.15, 0.2) is 0 Å². The Hall–Kier alpha value is -2.09. The number of para-hydroxylation sites is 1. The molecule has 2 bridgehead atoms. The van der Waals surface area contributed by atoms with Crippen molar-refractivity contribution in [1.82, 2.24) is 0 Å². The molecule has 4 rings (SSSR count). The molecule has 0 saturated heterocycles. The Morgan fingerprint density at radius 1 is 0.864 bits per heavy atom. The Labute approximate surface area is 131 Å². The van der Waals surface area contributed by atoms with Crippen LogP contribution < -0.4 is 4.74 Å². The van der Waals surface area contributed by atoms with Crippen molar-refractivity contribution in [2.24, 2.45) is 17.8 Å². The second kappa shape index (κ2) is 5.60. The van der Waals surface area contributed by atoms with Crippen molar-refractivity contribution in [3.63, 3.8) is 0 Å². The van der Waals surface area contributed by atoms with Crippen LogP contribution >= 0.6 is 0 Å². The monoisotopic (exact) mass is 292 g/mol. The first-order valence-electron chi connectivity index (χ1n) is 8.16. The van der Waals surface area contributed by atoms with Gasteiger partial charge < -0.3 is 4.74 Å². The topological polar surface area (TPSA) is 26.3 Å². The van der Waals surface area contributed by atoms with Gasteiger partial charge in [-0.2, -0.15) is 0 Å². The van der Waals surface area contributed by atoms with Crippen LogP contribution in [0, 0.1) is 17.8 Å². The average Bonchev–Trinajstić information content (AvgIpc) is 2.57. The molecule has 0 spiro atoms. The van der Waals surface area contributed by atoms with Gasteiger partial charge in [0.1, 0.15) is 5.75 Å². The van der Waals surface area contributed by atoms with E-state index >= 15 is 0 Å². The maximum Gasteiger partial charge on any atom is 0.314 e. The first kappa shape index (κ1) is 13.6. The summed E-state index contributed by atoms with van der Waals surface area (Å²) in [6, 6.07) is 20.1. The van der Waals surface area contributed by atoms with E-state index < -0.39 is 0 Å². The van der Waals surface area contributed by atoms with Crippen LogP contribution in [-0.4, -0.2) is 5.97 Å². The quantitative estimate of drug-likeness (QED) is 0.618. The molecular weight excluding hydrogens is 272 g/mol. The van der Waals surface area contributed by atoms with Gasteiger partial charge in [-0.3, -0.25) is 4.79 Å². The van der Waals surface area contributed by atoms with Crippen LogP contribution in [0.2, 0.25) is 0 Å². The Bertz CT molecular complexity index is 638. The van der Waals surface area contributed by atoms with Crippen molar-refractivity contribution in [3.05, 3.63) is 66.2 Å². The highest BCUT2D eigenvalue weighted by Crippen LogP contribution is 2.60. The summed E-state index contributed by atoms with van der Waals surface area (Å²) in [6.07, 6.45) is 3.53. The summed E-state index contributed by atoms with van der Waals surface area (Å²) in [5.74, 6) is 2.17. The fourth-order valence-electron chi connectivity index (χ4n) is 4.44. The van der Waals surface area contributed by atoms with Crippen molar-refractivity contribution in [3.8, 4) is 5.75 Å². The Morgan fingerprint density at radius 3 is 2.09 bits per heavy atom. The summed E-state index contributed by atoms with van der Waals surface area (Å²) < 4.78 is 5.60. The van der Waals surface area contributed by atoms with Crippen LogP contribution in [0.4, 0.5) is 0 Å². The van der Waals surface area contributed by atoms with Crippen LogP contribution in [0.5, 0.6) is 5.75 Å². The molecule has 2 aliphatic carbocycles. The number of carbonyl (C=O) groups is 1. The highest BCUT2D eigenvalue weighted by Gasteiger charge is 2.56. The number of hydrogen-bond acceptors (Lipinski definition) is 2. The molecule has 0 heterocycles. The minimum absolute atomic E-state index is 0.0342. The van der Waals surface area contributed by atoms with E-state index in [1.165, 1.54) is 12.0 Å². The molecule has 0 aromatic heterocycles. The first-order valence-corrected chi connectivity index (χ1v) is 8.16. The molecule has 0 radical (unpaired) electrons. The van der Waals surface area contributed by atoms with Gasteiger partial charge in [-0.05, 0) is 48.3 Å². The van der Waals surface area contributed by atoms with Gasteiger partial charge in [0.05, 0.1) is 5.92 Å². The fourth-order valence-corrected chi connectivity index (χ4v) is 4.44. The van der Waals surface area contributed by atoms with Gasteiger partial charge in [-0.1, -0.05) is 55.0 Å². The summed E-state index contributed by atoms with van der Waals surface area (Å²) in [5, 5.41) is 0. The van der Waals surface area contributed by atoms with E-state index in [2.05, 4.69) is 30.3 Å². The van der Waals surface area contributed by atoms with Crippen LogP contribution in [-0.2, 0) is 4.79 Å². The van der Waals surface area contributed by atoms with Crippen LogP contribution in [0.15, 0.2) is 60.7 Å². The lowest BCUT2D eigenvalue weighted by Gasteiger charge is -2.55. The fraction of sp³-hybridized carbons (Fsp3) is 0.350. The average molecular weight is 292 g/mol. The number of esters is 1. The third kappa shape index (κ3) is 2.23. The predicted octanol–water partition coefficient (Wildman–Crippen LogP) is 4.42. The lowest BCUT2D eigenvalue weighted by Crippen LogP contribution is -2.53. The minimum atomic E-state index is -0.0342. The largest absolute Gasteiger partial charge is 0.426 e. The Morgan fingerprint density at radius 2 is 1.45 bits per heavy atom. The molecule has 2 atom stereocenters. The summed E-state index contributed by atoms with van der Waals surface area (Å²) >= 11 is 0. The molecule has 0 aliphatic heterocycles. The van der Waals surface area contributed by atoms with Gasteiger partial charge in [0.2, 0.25) is 0 Å². The molecule has 112 valence electrons. The van der Waals surface area contributed by atoms with Crippen molar-refractivity contribution in [2.45, 2.75) is 25.2 Å². The molecule has 0 unspecified atom stereocenters. The second-order valence-electron chi connectivity index (χ2n) is 6.46. The second-order valence-corrected chi connectivity index (χ2v) is 6.46. The maximum atomic E-state index is 12.6. The standard InChI is InChI=1S/C20H20O2/c21-20(22-15-10-5-2-6-11-15)19-16-12-7-13-17(19)18(16)14-8-3-1-4-9-14/h1-6,8-11,16-19H,7,12-13H2/t16-,17-,18?,19?/m0/s1. The SMILES string of the molecule is O=C(Oc1ccccc1)C1[C@H]2CCC[C@H]1C2c1ccccc1. The van der Waals surface area contributed by atoms with E-state index in [9.17, 15) is 4.79 Å². The minimum Gasteiger partial charge on any atom is -0.426 e. The van der Waals surface area contributed by atoms with Crippen molar-refractivity contribution >= 4 is 5.97 Å². The van der Waals surface area contributed by atoms with Crippen molar-refractivity contribution < 1.29 is 9.53 Å². The molecule has 2 nitrogen and oxygen atoms in total. The molecule has 2 aliphatic rings. The number of benzene rings is 2. The number of fused-ring (bicyclic) bond motifs is 2. The number of carbonyl (C=O) groups excluding carboxylic acids is 1.